The summed E-state index contributed by atoms with van der Waals surface area (Å²) in [7, 11) is 0. The van der Waals surface area contributed by atoms with Crippen molar-refractivity contribution >= 4 is 12.1 Å². The third-order valence-electron chi connectivity index (χ3n) is 2.19. The molecule has 0 saturated heterocycles. The van der Waals surface area contributed by atoms with Crippen LogP contribution in [0.3, 0.4) is 0 Å². The first-order valence-corrected chi connectivity index (χ1v) is 4.09. The Morgan fingerprint density at radius 3 is 2.77 bits per heavy atom. The summed E-state index contributed by atoms with van der Waals surface area (Å²) in [4.78, 5) is 22.0. The van der Waals surface area contributed by atoms with Gasteiger partial charge in [0.05, 0.1) is 5.92 Å². The second-order valence-corrected chi connectivity index (χ2v) is 2.97. The minimum Gasteiger partial charge on any atom is -0.302 e. The molecule has 0 aromatic heterocycles. The normalized spacial score (nSPS) is 19.7. The van der Waals surface area contributed by atoms with Crippen molar-refractivity contribution in [3.05, 3.63) is 47.5 Å². The molecule has 0 N–H and O–H groups in total. The van der Waals surface area contributed by atoms with E-state index in [1.807, 2.05) is 12.1 Å². The fourth-order valence-corrected chi connectivity index (χ4v) is 1.52. The van der Waals surface area contributed by atoms with Gasteiger partial charge in [0.1, 0.15) is 6.29 Å². The van der Waals surface area contributed by atoms with Crippen LogP contribution in [0, 0.1) is 0 Å². The summed E-state index contributed by atoms with van der Waals surface area (Å²) in [6, 6.07) is 7.20. The van der Waals surface area contributed by atoms with Crippen LogP contribution in [0.5, 0.6) is 0 Å². The van der Waals surface area contributed by atoms with E-state index in [9.17, 15) is 9.59 Å². The van der Waals surface area contributed by atoms with E-state index in [2.05, 4.69) is 0 Å². The van der Waals surface area contributed by atoms with Gasteiger partial charge in [-0.25, -0.2) is 0 Å². The first kappa shape index (κ1) is 7.92. The molecule has 1 unspecified atom stereocenters. The number of benzene rings is 1. The molecule has 13 heavy (non-hydrogen) atoms. The summed E-state index contributed by atoms with van der Waals surface area (Å²) in [5.41, 5.74) is 1.45. The van der Waals surface area contributed by atoms with Gasteiger partial charge in [-0.1, -0.05) is 30.3 Å². The Morgan fingerprint density at radius 1 is 1.23 bits per heavy atom. The van der Waals surface area contributed by atoms with Crippen molar-refractivity contribution in [1.82, 2.24) is 0 Å². The highest BCUT2D eigenvalue weighted by molar-refractivity contribution is 6.08. The molecule has 0 aliphatic heterocycles. The number of allylic oxidation sites excluding steroid dienone is 2. The molecule has 0 heterocycles. The van der Waals surface area contributed by atoms with E-state index in [4.69, 9.17) is 0 Å². The summed E-state index contributed by atoms with van der Waals surface area (Å²) in [6.45, 7) is 0. The Kier molecular flexibility index (Phi) is 1.81. The summed E-state index contributed by atoms with van der Waals surface area (Å²) in [6.07, 6.45) is 3.95. The molecule has 64 valence electrons. The van der Waals surface area contributed by atoms with Gasteiger partial charge in [-0.2, -0.15) is 0 Å². The van der Waals surface area contributed by atoms with Crippen molar-refractivity contribution in [2.75, 3.05) is 0 Å². The summed E-state index contributed by atoms with van der Waals surface area (Å²) in [5.74, 6) is -0.275. The number of aldehydes is 1. The summed E-state index contributed by atoms with van der Waals surface area (Å²) in [5, 5.41) is 0. The zero-order valence-electron chi connectivity index (χ0n) is 6.94. The highest BCUT2D eigenvalue weighted by Gasteiger charge is 2.19. The van der Waals surface area contributed by atoms with Gasteiger partial charge in [-0.05, 0) is 11.6 Å². The lowest BCUT2D eigenvalue weighted by molar-refractivity contribution is -0.108. The number of hydrogen-bond donors (Lipinski definition) is 0. The van der Waals surface area contributed by atoms with Gasteiger partial charge in [0.25, 0.3) is 0 Å². The average Bonchev–Trinajstić information content (AvgIpc) is 2.19. The number of hydrogen-bond acceptors (Lipinski definition) is 2. The number of carbonyl (C=O) groups excluding carboxylic acids is 2. The maximum Gasteiger partial charge on any atom is 0.185 e. The van der Waals surface area contributed by atoms with Crippen LogP contribution in [-0.4, -0.2) is 12.1 Å². The van der Waals surface area contributed by atoms with Gasteiger partial charge in [-0.3, -0.25) is 4.79 Å². The molecule has 1 atom stereocenters. The van der Waals surface area contributed by atoms with Gasteiger partial charge in [-0.15, -0.1) is 0 Å². The highest BCUT2D eigenvalue weighted by atomic mass is 16.1. The van der Waals surface area contributed by atoms with E-state index >= 15 is 0 Å². The van der Waals surface area contributed by atoms with Gasteiger partial charge in [0.15, 0.2) is 5.78 Å². The third-order valence-corrected chi connectivity index (χ3v) is 2.19. The van der Waals surface area contributed by atoms with Crippen LogP contribution in [0.2, 0.25) is 0 Å². The van der Waals surface area contributed by atoms with Crippen LogP contribution < -0.4 is 0 Å². The Morgan fingerprint density at radius 2 is 2.00 bits per heavy atom. The van der Waals surface area contributed by atoms with Crippen molar-refractivity contribution in [3.63, 3.8) is 0 Å². The molecule has 0 bridgehead atoms. The smallest absolute Gasteiger partial charge is 0.185 e. The lowest BCUT2D eigenvalue weighted by Gasteiger charge is -2.14. The largest absolute Gasteiger partial charge is 0.302 e. The average molecular weight is 172 g/mol. The molecule has 2 nitrogen and oxygen atoms in total. The van der Waals surface area contributed by atoms with E-state index in [0.717, 1.165) is 11.8 Å². The van der Waals surface area contributed by atoms with Crippen LogP contribution in [0.15, 0.2) is 36.4 Å². The Hall–Kier alpha value is -1.70. The molecule has 0 amide bonds. The molecule has 2 heteroatoms. The van der Waals surface area contributed by atoms with Crippen molar-refractivity contribution in [2.45, 2.75) is 5.92 Å². The van der Waals surface area contributed by atoms with Crippen molar-refractivity contribution in [3.8, 4) is 0 Å². The maximum atomic E-state index is 11.3. The second-order valence-electron chi connectivity index (χ2n) is 2.97. The molecule has 0 saturated carbocycles. The fourth-order valence-electron chi connectivity index (χ4n) is 1.52. The monoisotopic (exact) mass is 172 g/mol. The second kappa shape index (κ2) is 2.98. The fraction of sp³-hybridized carbons (Fsp3) is 0.0909. The lowest BCUT2D eigenvalue weighted by atomic mass is 9.88. The predicted molar refractivity (Wildman–Crippen MR) is 48.7 cm³/mol. The number of fused-ring (bicyclic) bond motifs is 1. The molecule has 1 aliphatic carbocycles. The Bertz CT molecular complexity index is 391. The van der Waals surface area contributed by atoms with Crippen LogP contribution in [0.4, 0.5) is 0 Å². The van der Waals surface area contributed by atoms with Gasteiger partial charge < -0.3 is 4.79 Å². The standard InChI is InChI=1S/C11H8O2/c12-7-8-5-6-11(13)10-4-2-1-3-9(8)10/h1-8H. The number of ketones is 1. The predicted octanol–water partition coefficient (Wildman–Crippen LogP) is 1.72. The summed E-state index contributed by atoms with van der Waals surface area (Å²) < 4.78 is 0. The summed E-state index contributed by atoms with van der Waals surface area (Å²) >= 11 is 0. The molecule has 0 spiro atoms. The van der Waals surface area contributed by atoms with Crippen molar-refractivity contribution < 1.29 is 9.59 Å². The zero-order valence-corrected chi connectivity index (χ0v) is 6.94. The van der Waals surface area contributed by atoms with Gasteiger partial charge in [0, 0.05) is 5.56 Å². The van der Waals surface area contributed by atoms with Crippen LogP contribution in [0.1, 0.15) is 21.8 Å². The SMILES string of the molecule is O=CC1C=CC(=O)c2ccccc21. The third kappa shape index (κ3) is 1.20. The molecule has 0 fully saturated rings. The molecule has 1 aromatic rings. The number of carbonyl (C=O) groups is 2. The van der Waals surface area contributed by atoms with Gasteiger partial charge in [0.2, 0.25) is 0 Å². The lowest BCUT2D eigenvalue weighted by Crippen LogP contribution is -2.10. The number of rotatable bonds is 1. The van der Waals surface area contributed by atoms with Crippen LogP contribution in [0.25, 0.3) is 0 Å². The maximum absolute atomic E-state index is 11.3. The van der Waals surface area contributed by atoms with Gasteiger partial charge >= 0.3 is 0 Å². The Balaban J connectivity index is 2.60. The Labute approximate surface area is 75.9 Å². The molecular formula is C11H8O2. The van der Waals surface area contributed by atoms with E-state index in [1.165, 1.54) is 6.08 Å². The minimum absolute atomic E-state index is 0.0197. The first-order valence-electron chi connectivity index (χ1n) is 4.09. The molecule has 0 radical (unpaired) electrons. The van der Waals surface area contributed by atoms with E-state index in [0.29, 0.717) is 5.56 Å². The first-order chi connectivity index (χ1) is 6.33. The quantitative estimate of drug-likeness (QED) is 0.604. The van der Waals surface area contributed by atoms with Crippen LogP contribution in [-0.2, 0) is 4.79 Å². The minimum atomic E-state index is -0.256. The molecule has 1 aliphatic rings. The topological polar surface area (TPSA) is 34.1 Å². The van der Waals surface area contributed by atoms with E-state index in [1.54, 1.807) is 18.2 Å². The van der Waals surface area contributed by atoms with Crippen molar-refractivity contribution in [2.24, 2.45) is 0 Å². The molecular weight excluding hydrogens is 164 g/mol. The zero-order chi connectivity index (χ0) is 9.26. The van der Waals surface area contributed by atoms with Crippen molar-refractivity contribution in [1.29, 1.82) is 0 Å². The van der Waals surface area contributed by atoms with E-state index < -0.39 is 0 Å². The van der Waals surface area contributed by atoms with Crippen LogP contribution >= 0.6 is 0 Å². The highest BCUT2D eigenvalue weighted by Crippen LogP contribution is 2.24. The molecule has 2 rings (SSSR count). The van der Waals surface area contributed by atoms with E-state index in [-0.39, 0.29) is 11.7 Å². The molecule has 1 aromatic carbocycles.